The van der Waals surface area contributed by atoms with Gasteiger partial charge in [-0.2, -0.15) is 0 Å². The highest BCUT2D eigenvalue weighted by molar-refractivity contribution is 5.78. The first-order valence-corrected chi connectivity index (χ1v) is 4.16. The summed E-state index contributed by atoms with van der Waals surface area (Å²) in [5.41, 5.74) is 1.69. The average Bonchev–Trinajstić information content (AvgIpc) is 2.16. The van der Waals surface area contributed by atoms with Crippen LogP contribution in [-0.4, -0.2) is 6.29 Å². The highest BCUT2D eigenvalue weighted by Crippen LogP contribution is 1.99. The van der Waals surface area contributed by atoms with Crippen molar-refractivity contribution >= 4 is 6.29 Å². The Hall–Kier alpha value is -1.11. The summed E-state index contributed by atoms with van der Waals surface area (Å²) in [6.45, 7) is 11.4. The Morgan fingerprint density at radius 3 is 2.08 bits per heavy atom. The van der Waals surface area contributed by atoms with E-state index >= 15 is 0 Å². The fourth-order valence-corrected chi connectivity index (χ4v) is 0.487. The van der Waals surface area contributed by atoms with Gasteiger partial charge in [-0.1, -0.05) is 38.2 Å². The van der Waals surface area contributed by atoms with E-state index < -0.39 is 0 Å². The molecule has 1 nitrogen and oxygen atoms in total. The van der Waals surface area contributed by atoms with Crippen molar-refractivity contribution in [3.8, 4) is 0 Å². The van der Waals surface area contributed by atoms with Gasteiger partial charge in [-0.05, 0) is 19.9 Å². The van der Waals surface area contributed by atoms with Crippen LogP contribution in [-0.2, 0) is 4.79 Å². The molecular formula is C11H18O. The largest absolute Gasteiger partial charge is 0.298 e. The van der Waals surface area contributed by atoms with Crippen LogP contribution in [0.5, 0.6) is 0 Å². The Balaban J connectivity index is 0. The molecule has 0 saturated heterocycles. The van der Waals surface area contributed by atoms with E-state index in [2.05, 4.69) is 6.58 Å². The zero-order chi connectivity index (χ0) is 9.98. The summed E-state index contributed by atoms with van der Waals surface area (Å²) in [6.07, 6.45) is 6.06. The average molecular weight is 166 g/mol. The lowest BCUT2D eigenvalue weighted by Crippen LogP contribution is -1.78. The van der Waals surface area contributed by atoms with E-state index in [0.29, 0.717) is 5.57 Å². The van der Waals surface area contributed by atoms with E-state index in [9.17, 15) is 4.79 Å². The molecule has 0 fully saturated rings. The van der Waals surface area contributed by atoms with Crippen molar-refractivity contribution in [3.63, 3.8) is 0 Å². The minimum atomic E-state index is 0.621. The van der Waals surface area contributed by atoms with Crippen LogP contribution >= 0.6 is 0 Å². The number of rotatable bonds is 3. The molecule has 0 aliphatic heterocycles. The lowest BCUT2D eigenvalue weighted by molar-refractivity contribution is -0.104. The molecule has 0 aliphatic rings. The molecule has 0 aromatic rings. The van der Waals surface area contributed by atoms with Crippen molar-refractivity contribution in [2.24, 2.45) is 0 Å². The Kier molecular flexibility index (Phi) is 11.1. The molecule has 0 aromatic heterocycles. The summed E-state index contributed by atoms with van der Waals surface area (Å²) in [5, 5.41) is 0. The van der Waals surface area contributed by atoms with Gasteiger partial charge in [0.1, 0.15) is 6.29 Å². The molecule has 0 aromatic carbocycles. The second-order valence-electron chi connectivity index (χ2n) is 2.00. The Morgan fingerprint density at radius 2 is 1.83 bits per heavy atom. The van der Waals surface area contributed by atoms with E-state index in [4.69, 9.17) is 0 Å². The third kappa shape index (κ3) is 7.00. The maximum absolute atomic E-state index is 10.2. The molecule has 1 heteroatoms. The summed E-state index contributed by atoms with van der Waals surface area (Å²) >= 11 is 0. The summed E-state index contributed by atoms with van der Waals surface area (Å²) in [4.78, 5) is 10.2. The normalized spacial score (nSPS) is 11.3. The SMILES string of the molecule is C=C/C(C=O)=C\C(C)=C/C.CC. The molecular weight excluding hydrogens is 148 g/mol. The highest BCUT2D eigenvalue weighted by Gasteiger charge is 1.85. The van der Waals surface area contributed by atoms with Gasteiger partial charge < -0.3 is 0 Å². The highest BCUT2D eigenvalue weighted by atomic mass is 16.1. The van der Waals surface area contributed by atoms with E-state index in [1.165, 1.54) is 0 Å². The standard InChI is InChI=1S/C9H12O.C2H6/c1-4-8(3)6-9(5-2)7-10;1-2/h4-7H,2H2,1,3H3;1-2H3/b8-4-,9-6+;. The first-order valence-electron chi connectivity index (χ1n) is 4.16. The number of carbonyl (C=O) groups excluding carboxylic acids is 1. The minimum Gasteiger partial charge on any atom is -0.298 e. The predicted octanol–water partition coefficient (Wildman–Crippen LogP) is 3.29. The van der Waals surface area contributed by atoms with Crippen molar-refractivity contribution in [1.82, 2.24) is 0 Å². The second-order valence-corrected chi connectivity index (χ2v) is 2.00. The number of hydrogen-bond acceptors (Lipinski definition) is 1. The van der Waals surface area contributed by atoms with E-state index in [1.54, 1.807) is 12.2 Å². The van der Waals surface area contributed by atoms with Gasteiger partial charge in [-0.25, -0.2) is 0 Å². The first-order chi connectivity index (χ1) is 5.74. The molecule has 0 rings (SSSR count). The van der Waals surface area contributed by atoms with Gasteiger partial charge in [0.25, 0.3) is 0 Å². The maximum Gasteiger partial charge on any atom is 0.150 e. The molecule has 0 heterocycles. The molecule has 0 aliphatic carbocycles. The molecule has 0 atom stereocenters. The van der Waals surface area contributed by atoms with Crippen LogP contribution in [0.4, 0.5) is 0 Å². The summed E-state index contributed by atoms with van der Waals surface area (Å²) in [5.74, 6) is 0. The van der Waals surface area contributed by atoms with E-state index in [-0.39, 0.29) is 0 Å². The van der Waals surface area contributed by atoms with Crippen molar-refractivity contribution in [2.45, 2.75) is 27.7 Å². The van der Waals surface area contributed by atoms with Crippen LogP contribution < -0.4 is 0 Å². The minimum absolute atomic E-state index is 0.621. The van der Waals surface area contributed by atoms with Crippen molar-refractivity contribution < 1.29 is 4.79 Å². The van der Waals surface area contributed by atoms with Crippen LogP contribution in [0.2, 0.25) is 0 Å². The number of hydrogen-bond donors (Lipinski definition) is 0. The summed E-state index contributed by atoms with van der Waals surface area (Å²) < 4.78 is 0. The first kappa shape index (κ1) is 13.5. The molecule has 0 amide bonds. The molecule has 0 saturated carbocycles. The Labute approximate surface area is 75.5 Å². The number of aldehydes is 1. The Morgan fingerprint density at radius 1 is 1.33 bits per heavy atom. The summed E-state index contributed by atoms with van der Waals surface area (Å²) in [6, 6.07) is 0. The topological polar surface area (TPSA) is 17.1 Å². The lowest BCUT2D eigenvalue weighted by Gasteiger charge is -1.89. The van der Waals surface area contributed by atoms with Crippen LogP contribution in [0.15, 0.2) is 36.0 Å². The Bertz CT molecular complexity index is 175. The van der Waals surface area contributed by atoms with Gasteiger partial charge >= 0.3 is 0 Å². The van der Waals surface area contributed by atoms with Crippen LogP contribution in [0.25, 0.3) is 0 Å². The van der Waals surface area contributed by atoms with Gasteiger partial charge in [0, 0.05) is 5.57 Å². The quantitative estimate of drug-likeness (QED) is 0.357. The fourth-order valence-electron chi connectivity index (χ4n) is 0.487. The van der Waals surface area contributed by atoms with E-state index in [1.807, 2.05) is 33.8 Å². The zero-order valence-corrected chi connectivity index (χ0v) is 8.42. The predicted molar refractivity (Wildman–Crippen MR) is 55.1 cm³/mol. The van der Waals surface area contributed by atoms with Crippen molar-refractivity contribution in [2.75, 3.05) is 0 Å². The molecule has 0 radical (unpaired) electrons. The molecule has 12 heavy (non-hydrogen) atoms. The van der Waals surface area contributed by atoms with Crippen molar-refractivity contribution in [3.05, 3.63) is 36.0 Å². The zero-order valence-electron chi connectivity index (χ0n) is 8.42. The number of allylic oxidation sites excluding steroid dienone is 5. The van der Waals surface area contributed by atoms with Gasteiger partial charge in [0.2, 0.25) is 0 Å². The molecule has 0 unspecified atom stereocenters. The summed E-state index contributed by atoms with van der Waals surface area (Å²) in [7, 11) is 0. The van der Waals surface area contributed by atoms with Gasteiger partial charge in [-0.3, -0.25) is 4.79 Å². The van der Waals surface area contributed by atoms with Crippen LogP contribution in [0.3, 0.4) is 0 Å². The molecule has 0 bridgehead atoms. The second kappa shape index (κ2) is 9.89. The third-order valence-electron chi connectivity index (χ3n) is 1.22. The van der Waals surface area contributed by atoms with Gasteiger partial charge in [0.05, 0.1) is 0 Å². The smallest absolute Gasteiger partial charge is 0.150 e. The monoisotopic (exact) mass is 166 g/mol. The number of carbonyl (C=O) groups is 1. The maximum atomic E-state index is 10.2. The molecule has 68 valence electrons. The van der Waals surface area contributed by atoms with Crippen molar-refractivity contribution in [1.29, 1.82) is 0 Å². The third-order valence-corrected chi connectivity index (χ3v) is 1.22. The molecule has 0 N–H and O–H groups in total. The fraction of sp³-hybridized carbons (Fsp3) is 0.364. The van der Waals surface area contributed by atoms with Crippen LogP contribution in [0, 0.1) is 0 Å². The lowest BCUT2D eigenvalue weighted by atomic mass is 10.2. The van der Waals surface area contributed by atoms with Gasteiger partial charge in [-0.15, -0.1) is 0 Å². The van der Waals surface area contributed by atoms with Crippen LogP contribution in [0.1, 0.15) is 27.7 Å². The molecule has 0 spiro atoms. The van der Waals surface area contributed by atoms with E-state index in [0.717, 1.165) is 11.9 Å². The van der Waals surface area contributed by atoms with Gasteiger partial charge in [0.15, 0.2) is 0 Å².